The number of ketones is 1. The van der Waals surface area contributed by atoms with E-state index in [4.69, 9.17) is 16.3 Å². The molecule has 1 aromatic heterocycles. The lowest BCUT2D eigenvalue weighted by Gasteiger charge is -2.08. The van der Waals surface area contributed by atoms with E-state index in [2.05, 4.69) is 5.10 Å². The molecule has 144 valence electrons. The molecular weight excluding hydrogens is 398 g/mol. The molecule has 8 heteroatoms. The topological polar surface area (TPSA) is 66.1 Å². The van der Waals surface area contributed by atoms with Crippen molar-refractivity contribution in [1.82, 2.24) is 13.8 Å². The number of hydrogen-bond acceptors (Lipinski definition) is 5. The normalized spacial score (nSPS) is 13.5. The van der Waals surface area contributed by atoms with Gasteiger partial charge in [0.1, 0.15) is 5.75 Å². The van der Waals surface area contributed by atoms with Gasteiger partial charge in [-0.2, -0.15) is 0 Å². The van der Waals surface area contributed by atoms with Gasteiger partial charge in [-0.15, -0.1) is 9.19 Å². The van der Waals surface area contributed by atoms with E-state index in [9.17, 15) is 9.59 Å². The van der Waals surface area contributed by atoms with Crippen molar-refractivity contribution in [3.63, 3.8) is 0 Å². The molecule has 0 amide bonds. The molecule has 0 atom stereocenters. The molecule has 0 spiro atoms. The molecule has 28 heavy (non-hydrogen) atoms. The first-order chi connectivity index (χ1) is 13.5. The smallest absolute Gasteiger partial charge is 0.357 e. The highest BCUT2D eigenvalue weighted by molar-refractivity contribution is 7.97. The van der Waals surface area contributed by atoms with E-state index in [1.807, 2.05) is 12.1 Å². The molecule has 2 aromatic carbocycles. The van der Waals surface area contributed by atoms with Gasteiger partial charge in [0.05, 0.1) is 12.0 Å². The van der Waals surface area contributed by atoms with Crippen LogP contribution in [0.1, 0.15) is 36.2 Å². The number of carbonyl (C=O) groups is 1. The van der Waals surface area contributed by atoms with Crippen LogP contribution in [-0.2, 0) is 0 Å². The third kappa shape index (κ3) is 3.59. The predicted molar refractivity (Wildman–Crippen MR) is 109 cm³/mol. The van der Waals surface area contributed by atoms with Gasteiger partial charge in [0.2, 0.25) is 0 Å². The summed E-state index contributed by atoms with van der Waals surface area (Å²) in [5.41, 5.74) is 1.18. The quantitative estimate of drug-likeness (QED) is 0.556. The summed E-state index contributed by atoms with van der Waals surface area (Å²) in [5.74, 6) is 1.14. The summed E-state index contributed by atoms with van der Waals surface area (Å²) in [7, 11) is 1.55. The number of hydrogen-bond donors (Lipinski definition) is 0. The van der Waals surface area contributed by atoms with Crippen LogP contribution in [0, 0.1) is 0 Å². The minimum Gasteiger partial charge on any atom is -0.496 e. The summed E-state index contributed by atoms with van der Waals surface area (Å²) in [4.78, 5) is 25.4. The van der Waals surface area contributed by atoms with Crippen LogP contribution in [0.5, 0.6) is 5.75 Å². The van der Waals surface area contributed by atoms with E-state index in [1.165, 1.54) is 11.0 Å². The third-order valence-electron chi connectivity index (χ3n) is 4.55. The van der Waals surface area contributed by atoms with Crippen molar-refractivity contribution >= 4 is 29.3 Å². The highest BCUT2D eigenvalue weighted by Gasteiger charge is 2.31. The number of halogens is 1. The van der Waals surface area contributed by atoms with Crippen LogP contribution in [0.25, 0.3) is 11.4 Å². The van der Waals surface area contributed by atoms with Gasteiger partial charge in [-0.05, 0) is 62.2 Å². The van der Waals surface area contributed by atoms with Gasteiger partial charge in [0.25, 0.3) is 0 Å². The standard InChI is InChI=1S/C20H18ClN3O3S/c1-12(25)14-5-10-17(27-2)18(11-14)28-24-20(26)23(16-8-9-16)19(22-24)13-3-6-15(21)7-4-13/h3-7,10-11,16H,8-9H2,1-2H3. The summed E-state index contributed by atoms with van der Waals surface area (Å²) >= 11 is 7.14. The predicted octanol–water partition coefficient (Wildman–Crippen LogP) is 4.47. The van der Waals surface area contributed by atoms with Crippen molar-refractivity contribution in [1.29, 1.82) is 0 Å². The van der Waals surface area contributed by atoms with E-state index >= 15 is 0 Å². The molecule has 1 aliphatic carbocycles. The Kier molecular flexibility index (Phi) is 5.03. The molecule has 1 saturated carbocycles. The second kappa shape index (κ2) is 7.48. The van der Waals surface area contributed by atoms with E-state index in [-0.39, 0.29) is 17.5 Å². The first-order valence-electron chi connectivity index (χ1n) is 8.82. The molecule has 3 aromatic rings. The van der Waals surface area contributed by atoms with Gasteiger partial charge in [0.15, 0.2) is 11.6 Å². The monoisotopic (exact) mass is 415 g/mol. The van der Waals surface area contributed by atoms with Crippen molar-refractivity contribution in [2.75, 3.05) is 7.11 Å². The van der Waals surface area contributed by atoms with Gasteiger partial charge < -0.3 is 4.74 Å². The molecule has 4 rings (SSSR count). The second-order valence-electron chi connectivity index (χ2n) is 6.60. The van der Waals surface area contributed by atoms with Crippen molar-refractivity contribution in [2.45, 2.75) is 30.7 Å². The SMILES string of the molecule is COc1ccc(C(C)=O)cc1Sn1nc(-c2ccc(Cl)cc2)n(C2CC2)c1=O. The Labute approximate surface area is 171 Å². The number of ether oxygens (including phenoxy) is 1. The minimum absolute atomic E-state index is 0.0535. The van der Waals surface area contributed by atoms with Gasteiger partial charge in [-0.25, -0.2) is 4.79 Å². The maximum atomic E-state index is 13.0. The molecule has 0 bridgehead atoms. The average Bonchev–Trinajstić information content (AvgIpc) is 3.47. The Bertz CT molecular complexity index is 1100. The fourth-order valence-corrected chi connectivity index (χ4v) is 3.95. The minimum atomic E-state index is -0.201. The Balaban J connectivity index is 1.78. The molecule has 1 aliphatic rings. The van der Waals surface area contributed by atoms with Crippen LogP contribution in [0.3, 0.4) is 0 Å². The molecule has 0 radical (unpaired) electrons. The molecule has 1 fully saturated rings. The maximum Gasteiger partial charge on any atom is 0.357 e. The van der Waals surface area contributed by atoms with Crippen LogP contribution in [0.15, 0.2) is 52.2 Å². The fraction of sp³-hybridized carbons (Fsp3) is 0.250. The molecule has 0 N–H and O–H groups in total. The number of methoxy groups -OCH3 is 1. The van der Waals surface area contributed by atoms with Crippen molar-refractivity contribution < 1.29 is 9.53 Å². The number of Topliss-reactive ketones (excluding diaryl/α,β-unsaturated/α-hetero) is 1. The molecule has 6 nitrogen and oxygen atoms in total. The largest absolute Gasteiger partial charge is 0.496 e. The Hall–Kier alpha value is -2.51. The Morgan fingerprint density at radius 3 is 2.54 bits per heavy atom. The lowest BCUT2D eigenvalue weighted by molar-refractivity contribution is 0.101. The number of aromatic nitrogens is 3. The zero-order chi connectivity index (χ0) is 19.8. The summed E-state index contributed by atoms with van der Waals surface area (Å²) in [5, 5.41) is 5.19. The molecular formula is C20H18ClN3O3S. The molecule has 1 heterocycles. The van der Waals surface area contributed by atoms with Gasteiger partial charge in [0, 0.05) is 34.1 Å². The number of nitrogens with zero attached hydrogens (tertiary/aromatic N) is 3. The zero-order valence-corrected chi connectivity index (χ0v) is 17.0. The number of rotatable bonds is 6. The van der Waals surface area contributed by atoms with Crippen LogP contribution >= 0.6 is 23.5 Å². The van der Waals surface area contributed by atoms with Crippen molar-refractivity contribution in [2.24, 2.45) is 0 Å². The van der Waals surface area contributed by atoms with E-state index in [0.717, 1.165) is 30.4 Å². The van der Waals surface area contributed by atoms with Gasteiger partial charge in [-0.1, -0.05) is 11.6 Å². The molecule has 0 aliphatic heterocycles. The van der Waals surface area contributed by atoms with Crippen LogP contribution in [-0.4, -0.2) is 26.6 Å². The summed E-state index contributed by atoms with van der Waals surface area (Å²) in [6.07, 6.45) is 1.92. The lowest BCUT2D eigenvalue weighted by atomic mass is 10.1. The maximum absolute atomic E-state index is 13.0. The highest BCUT2D eigenvalue weighted by Crippen LogP contribution is 2.38. The lowest BCUT2D eigenvalue weighted by Crippen LogP contribution is -2.21. The summed E-state index contributed by atoms with van der Waals surface area (Å²) in [6.45, 7) is 1.50. The molecule has 0 unspecified atom stereocenters. The van der Waals surface area contributed by atoms with E-state index in [1.54, 1.807) is 42.0 Å². The summed E-state index contributed by atoms with van der Waals surface area (Å²) < 4.78 is 8.47. The van der Waals surface area contributed by atoms with E-state index < -0.39 is 0 Å². The Morgan fingerprint density at radius 2 is 1.93 bits per heavy atom. The van der Waals surface area contributed by atoms with E-state index in [0.29, 0.717) is 27.1 Å². The highest BCUT2D eigenvalue weighted by atomic mass is 35.5. The van der Waals surface area contributed by atoms with Gasteiger partial charge in [-0.3, -0.25) is 9.36 Å². The van der Waals surface area contributed by atoms with Crippen molar-refractivity contribution in [3.05, 3.63) is 63.5 Å². The number of benzene rings is 2. The fourth-order valence-electron chi connectivity index (χ4n) is 2.94. The number of carbonyl (C=O) groups excluding carboxylic acids is 1. The summed E-state index contributed by atoms with van der Waals surface area (Å²) in [6, 6.07) is 12.6. The van der Waals surface area contributed by atoms with Crippen molar-refractivity contribution in [3.8, 4) is 17.1 Å². The third-order valence-corrected chi connectivity index (χ3v) is 5.73. The first-order valence-corrected chi connectivity index (χ1v) is 9.98. The van der Waals surface area contributed by atoms with Crippen LogP contribution in [0.2, 0.25) is 5.02 Å². The van der Waals surface area contributed by atoms with Crippen LogP contribution in [0.4, 0.5) is 0 Å². The van der Waals surface area contributed by atoms with Gasteiger partial charge >= 0.3 is 5.69 Å². The first kappa shape index (κ1) is 18.8. The second-order valence-corrected chi connectivity index (χ2v) is 8.01. The zero-order valence-electron chi connectivity index (χ0n) is 15.4. The Morgan fingerprint density at radius 1 is 1.21 bits per heavy atom. The molecule has 0 saturated heterocycles. The average molecular weight is 416 g/mol. The van der Waals surface area contributed by atoms with Crippen LogP contribution < -0.4 is 10.4 Å².